The fourth-order valence-corrected chi connectivity index (χ4v) is 2.35. The molecule has 1 rings (SSSR count). The molecule has 0 unspecified atom stereocenters. The zero-order valence-corrected chi connectivity index (χ0v) is 11.6. The summed E-state index contributed by atoms with van der Waals surface area (Å²) in [7, 11) is 0. The minimum absolute atomic E-state index is 0.0657. The third-order valence-electron chi connectivity index (χ3n) is 2.90. The van der Waals surface area contributed by atoms with Gasteiger partial charge in [0, 0.05) is 11.6 Å². The lowest BCUT2D eigenvalue weighted by Crippen LogP contribution is -2.56. The number of carbonyl (C=O) groups is 1. The quantitative estimate of drug-likeness (QED) is 0.587. The first kappa shape index (κ1) is 14.2. The second-order valence-corrected chi connectivity index (χ2v) is 6.10. The fraction of sp³-hybridized carbons (Fsp3) is 0.818. The van der Waals surface area contributed by atoms with Crippen LogP contribution in [0.15, 0.2) is 4.99 Å². The molecule has 1 amide bonds. The molecule has 17 heavy (non-hydrogen) atoms. The average Bonchev–Trinajstić information content (AvgIpc) is 2.11. The van der Waals surface area contributed by atoms with Gasteiger partial charge < -0.3 is 15.7 Å². The Hall–Kier alpha value is -0.910. The predicted octanol–water partition coefficient (Wildman–Crippen LogP) is 1.97. The highest BCUT2D eigenvalue weighted by atomic mass is 32.2. The lowest BCUT2D eigenvalue weighted by atomic mass is 9.84. The lowest BCUT2D eigenvalue weighted by molar-refractivity contribution is 0.0355. The number of nitrogens with zero attached hydrogens (tertiary/aromatic N) is 2. The molecule has 0 aromatic rings. The predicted molar refractivity (Wildman–Crippen MR) is 71.6 cm³/mol. The van der Waals surface area contributed by atoms with Crippen LogP contribution >= 0.6 is 11.8 Å². The molecule has 0 spiro atoms. The molecule has 0 aromatic carbocycles. The van der Waals surface area contributed by atoms with Crippen LogP contribution < -0.4 is 5.73 Å². The van der Waals surface area contributed by atoms with E-state index in [4.69, 9.17) is 5.73 Å². The summed E-state index contributed by atoms with van der Waals surface area (Å²) in [4.78, 5) is 17.1. The van der Waals surface area contributed by atoms with Crippen LogP contribution in [0.25, 0.3) is 0 Å². The second-order valence-electron chi connectivity index (χ2n) is 5.27. The normalized spacial score (nSPS) is 25.3. The summed E-state index contributed by atoms with van der Waals surface area (Å²) in [6.07, 6.45) is 2.56. The highest BCUT2D eigenvalue weighted by Gasteiger charge is 2.41. The van der Waals surface area contributed by atoms with Crippen LogP contribution in [0.3, 0.4) is 0 Å². The topological polar surface area (TPSA) is 78.9 Å². The van der Waals surface area contributed by atoms with E-state index in [-0.39, 0.29) is 17.6 Å². The molecule has 3 N–H and O–H groups in total. The van der Waals surface area contributed by atoms with E-state index in [0.29, 0.717) is 5.17 Å². The highest BCUT2D eigenvalue weighted by molar-refractivity contribution is 8.13. The van der Waals surface area contributed by atoms with Crippen molar-refractivity contribution in [3.63, 3.8) is 0 Å². The van der Waals surface area contributed by atoms with Gasteiger partial charge in [-0.05, 0) is 39.9 Å². The molecular formula is C11H21N3O2S. The van der Waals surface area contributed by atoms with Crippen molar-refractivity contribution in [2.24, 2.45) is 10.7 Å². The summed E-state index contributed by atoms with van der Waals surface area (Å²) in [6.45, 7) is 5.73. The van der Waals surface area contributed by atoms with Crippen LogP contribution in [-0.4, -0.2) is 45.1 Å². The number of carboxylic acid groups (broad SMARTS) is 1. The van der Waals surface area contributed by atoms with Crippen LogP contribution in [-0.2, 0) is 0 Å². The Morgan fingerprint density at radius 3 is 2.35 bits per heavy atom. The van der Waals surface area contributed by atoms with Gasteiger partial charge in [0.2, 0.25) is 0 Å². The summed E-state index contributed by atoms with van der Waals surface area (Å²) in [6, 6.07) is 0.243. The second kappa shape index (κ2) is 5.16. The standard InChI is InChI=1S/C11H21N3O2S/c1-11(2,3)14(10(15)16)8-5-7(6-8)13-9(12)17-4/h7-8H,5-6H2,1-4H3,(H2,12,13)(H,15,16). The van der Waals surface area contributed by atoms with Crippen LogP contribution in [0.4, 0.5) is 4.79 Å². The molecule has 0 saturated heterocycles. The summed E-state index contributed by atoms with van der Waals surface area (Å²) in [5.41, 5.74) is 5.27. The molecule has 0 atom stereocenters. The van der Waals surface area contributed by atoms with Gasteiger partial charge in [0.25, 0.3) is 0 Å². The van der Waals surface area contributed by atoms with Gasteiger partial charge in [0.05, 0.1) is 6.04 Å². The van der Waals surface area contributed by atoms with Gasteiger partial charge in [-0.2, -0.15) is 0 Å². The smallest absolute Gasteiger partial charge is 0.407 e. The van der Waals surface area contributed by atoms with E-state index in [2.05, 4.69) is 4.99 Å². The van der Waals surface area contributed by atoms with E-state index in [9.17, 15) is 9.90 Å². The van der Waals surface area contributed by atoms with Crippen molar-refractivity contribution in [2.45, 2.75) is 51.2 Å². The number of aliphatic imine (C=N–C) groups is 1. The molecule has 0 radical (unpaired) electrons. The first-order chi connectivity index (χ1) is 7.75. The molecule has 1 aliphatic carbocycles. The molecule has 0 aromatic heterocycles. The first-order valence-electron chi connectivity index (χ1n) is 5.65. The van der Waals surface area contributed by atoms with Crippen molar-refractivity contribution in [2.75, 3.05) is 6.26 Å². The molecule has 0 bridgehead atoms. The van der Waals surface area contributed by atoms with Crippen LogP contribution in [0.1, 0.15) is 33.6 Å². The molecule has 1 fully saturated rings. The Morgan fingerprint density at radius 1 is 1.47 bits per heavy atom. The summed E-state index contributed by atoms with van der Waals surface area (Å²) < 4.78 is 0. The van der Waals surface area contributed by atoms with Gasteiger partial charge in [0.1, 0.15) is 0 Å². The molecule has 5 nitrogen and oxygen atoms in total. The minimum atomic E-state index is -0.859. The van der Waals surface area contributed by atoms with E-state index >= 15 is 0 Å². The number of rotatable bonds is 2. The zero-order valence-electron chi connectivity index (χ0n) is 10.8. The Bertz CT molecular complexity index is 319. The Labute approximate surface area is 106 Å². The number of amides is 1. The molecule has 1 aliphatic rings. The maximum absolute atomic E-state index is 11.2. The van der Waals surface area contributed by atoms with E-state index < -0.39 is 6.09 Å². The van der Waals surface area contributed by atoms with E-state index in [0.717, 1.165) is 12.8 Å². The Kier molecular flexibility index (Phi) is 4.30. The van der Waals surface area contributed by atoms with Crippen molar-refractivity contribution in [3.8, 4) is 0 Å². The molecule has 1 saturated carbocycles. The van der Waals surface area contributed by atoms with Crippen LogP contribution in [0, 0.1) is 0 Å². The summed E-state index contributed by atoms with van der Waals surface area (Å²) >= 11 is 1.42. The van der Waals surface area contributed by atoms with Gasteiger partial charge in [-0.25, -0.2) is 4.79 Å². The van der Waals surface area contributed by atoms with Gasteiger partial charge in [-0.1, -0.05) is 11.8 Å². The van der Waals surface area contributed by atoms with Crippen LogP contribution in [0.5, 0.6) is 0 Å². The molecule has 0 heterocycles. The number of hydrogen-bond donors (Lipinski definition) is 2. The van der Waals surface area contributed by atoms with Gasteiger partial charge in [0.15, 0.2) is 5.17 Å². The highest BCUT2D eigenvalue weighted by Crippen LogP contribution is 2.33. The van der Waals surface area contributed by atoms with Gasteiger partial charge >= 0.3 is 6.09 Å². The maximum atomic E-state index is 11.2. The third kappa shape index (κ3) is 3.52. The number of nitrogens with two attached hydrogens (primary N) is 1. The lowest BCUT2D eigenvalue weighted by Gasteiger charge is -2.46. The molecule has 0 aliphatic heterocycles. The van der Waals surface area contributed by atoms with Crippen molar-refractivity contribution < 1.29 is 9.90 Å². The molecule has 98 valence electrons. The first-order valence-corrected chi connectivity index (χ1v) is 6.87. The van der Waals surface area contributed by atoms with E-state index in [1.165, 1.54) is 16.7 Å². The third-order valence-corrected chi connectivity index (χ3v) is 3.42. The fourth-order valence-electron chi connectivity index (χ4n) is 2.10. The molecule has 6 heteroatoms. The largest absolute Gasteiger partial charge is 0.465 e. The summed E-state index contributed by atoms with van der Waals surface area (Å²) in [5.74, 6) is 0. The van der Waals surface area contributed by atoms with Crippen molar-refractivity contribution >= 4 is 23.0 Å². The minimum Gasteiger partial charge on any atom is -0.465 e. The van der Waals surface area contributed by atoms with Gasteiger partial charge in [-0.3, -0.25) is 4.99 Å². The molecular weight excluding hydrogens is 238 g/mol. The zero-order chi connectivity index (χ0) is 13.2. The van der Waals surface area contributed by atoms with Crippen molar-refractivity contribution in [1.29, 1.82) is 0 Å². The number of hydrogen-bond acceptors (Lipinski definition) is 3. The number of amidine groups is 1. The Morgan fingerprint density at radius 2 is 2.00 bits per heavy atom. The monoisotopic (exact) mass is 259 g/mol. The average molecular weight is 259 g/mol. The van der Waals surface area contributed by atoms with E-state index in [1.807, 2.05) is 27.0 Å². The van der Waals surface area contributed by atoms with E-state index in [1.54, 1.807) is 0 Å². The van der Waals surface area contributed by atoms with Gasteiger partial charge in [-0.15, -0.1) is 0 Å². The SMILES string of the molecule is CSC(N)=NC1CC(N(C(=O)O)C(C)(C)C)C1. The maximum Gasteiger partial charge on any atom is 0.407 e. The van der Waals surface area contributed by atoms with Crippen molar-refractivity contribution in [3.05, 3.63) is 0 Å². The van der Waals surface area contributed by atoms with Crippen molar-refractivity contribution in [1.82, 2.24) is 4.90 Å². The number of thioether (sulfide) groups is 1. The summed E-state index contributed by atoms with van der Waals surface area (Å²) in [5, 5.41) is 9.79. The Balaban J connectivity index is 2.58. The van der Waals surface area contributed by atoms with Crippen LogP contribution in [0.2, 0.25) is 0 Å².